The average molecular weight is 180 g/mol. The monoisotopic (exact) mass is 180 g/mol. The van der Waals surface area contributed by atoms with Gasteiger partial charge in [0.15, 0.2) is 10.8 Å². The van der Waals surface area contributed by atoms with Crippen LogP contribution < -0.4 is 4.74 Å². The van der Waals surface area contributed by atoms with E-state index in [1.165, 1.54) is 0 Å². The molecule has 3 nitrogen and oxygen atoms in total. The van der Waals surface area contributed by atoms with Gasteiger partial charge < -0.3 is 4.74 Å². The van der Waals surface area contributed by atoms with Crippen molar-refractivity contribution in [3.8, 4) is 10.8 Å². The highest BCUT2D eigenvalue weighted by atomic mass is 32.1. The molecule has 0 unspecified atom stereocenters. The number of thiophene rings is 1. The number of hydrogen-bond donors (Lipinski definition) is 0. The number of aryl methyl sites for hydroxylation is 1. The molecule has 0 fully saturated rings. The van der Waals surface area contributed by atoms with Gasteiger partial charge in [-0.25, -0.2) is 0 Å². The summed E-state index contributed by atoms with van der Waals surface area (Å²) in [5, 5.41) is 6.86. The Morgan fingerprint density at radius 2 is 2.50 bits per heavy atom. The van der Waals surface area contributed by atoms with Gasteiger partial charge in [0.2, 0.25) is 0 Å². The van der Waals surface area contributed by atoms with Gasteiger partial charge in [0.25, 0.3) is 0 Å². The van der Waals surface area contributed by atoms with E-state index in [0.717, 1.165) is 10.8 Å². The van der Waals surface area contributed by atoms with E-state index < -0.39 is 0 Å². The van der Waals surface area contributed by atoms with Crippen molar-refractivity contribution in [2.75, 3.05) is 0 Å². The molecular weight excluding hydrogens is 172 g/mol. The van der Waals surface area contributed by atoms with Crippen LogP contribution in [-0.2, 0) is 7.05 Å². The minimum absolute atomic E-state index is 0.778. The van der Waals surface area contributed by atoms with Gasteiger partial charge in [-0.1, -0.05) is 0 Å². The maximum absolute atomic E-state index is 5.47. The van der Waals surface area contributed by atoms with Crippen molar-refractivity contribution >= 4 is 11.3 Å². The second-order valence-corrected chi connectivity index (χ2v) is 3.29. The summed E-state index contributed by atoms with van der Waals surface area (Å²) in [5.41, 5.74) is 0. The first-order valence-electron chi connectivity index (χ1n) is 3.54. The van der Waals surface area contributed by atoms with Crippen LogP contribution in [0.5, 0.6) is 10.8 Å². The van der Waals surface area contributed by atoms with Crippen molar-refractivity contribution in [2.45, 2.75) is 0 Å². The second kappa shape index (κ2) is 2.98. The molecule has 0 spiro atoms. The van der Waals surface area contributed by atoms with Crippen LogP contribution in [0, 0.1) is 0 Å². The van der Waals surface area contributed by atoms with Crippen molar-refractivity contribution in [3.05, 3.63) is 29.9 Å². The van der Waals surface area contributed by atoms with Gasteiger partial charge in [0, 0.05) is 7.05 Å². The Hall–Kier alpha value is -1.29. The first kappa shape index (κ1) is 7.36. The van der Waals surface area contributed by atoms with E-state index in [4.69, 9.17) is 4.74 Å². The summed E-state index contributed by atoms with van der Waals surface area (Å²) in [4.78, 5) is 0. The Morgan fingerprint density at radius 3 is 3.08 bits per heavy atom. The van der Waals surface area contributed by atoms with E-state index >= 15 is 0 Å². The third-order valence-electron chi connectivity index (χ3n) is 1.39. The highest BCUT2D eigenvalue weighted by Crippen LogP contribution is 2.24. The van der Waals surface area contributed by atoms with Crippen molar-refractivity contribution in [3.63, 3.8) is 0 Å². The molecule has 0 atom stereocenters. The molecule has 0 aliphatic rings. The average Bonchev–Trinajstić information content (AvgIpc) is 2.63. The molecule has 0 amide bonds. The van der Waals surface area contributed by atoms with E-state index in [2.05, 4.69) is 5.10 Å². The third kappa shape index (κ3) is 1.48. The fourth-order valence-corrected chi connectivity index (χ4v) is 1.48. The van der Waals surface area contributed by atoms with Crippen LogP contribution in [-0.4, -0.2) is 9.78 Å². The lowest BCUT2D eigenvalue weighted by molar-refractivity contribution is 0.496. The van der Waals surface area contributed by atoms with Crippen LogP contribution in [0.4, 0.5) is 0 Å². The molecule has 12 heavy (non-hydrogen) atoms. The summed E-state index contributed by atoms with van der Waals surface area (Å²) in [6.07, 6.45) is 3.53. The van der Waals surface area contributed by atoms with Crippen LogP contribution in [0.2, 0.25) is 0 Å². The zero-order valence-corrected chi connectivity index (χ0v) is 7.41. The summed E-state index contributed by atoms with van der Waals surface area (Å²) >= 11 is 1.57. The minimum Gasteiger partial charge on any atom is -0.443 e. The Balaban J connectivity index is 2.14. The van der Waals surface area contributed by atoms with Crippen LogP contribution in [0.25, 0.3) is 0 Å². The zero-order valence-electron chi connectivity index (χ0n) is 6.60. The molecular formula is C8H8N2OS. The van der Waals surface area contributed by atoms with E-state index in [0.29, 0.717) is 0 Å². The van der Waals surface area contributed by atoms with E-state index in [1.54, 1.807) is 22.2 Å². The summed E-state index contributed by atoms with van der Waals surface area (Å²) in [6, 6.07) is 3.88. The quantitative estimate of drug-likeness (QED) is 0.708. The Morgan fingerprint density at radius 1 is 1.58 bits per heavy atom. The Kier molecular flexibility index (Phi) is 1.83. The highest BCUT2D eigenvalue weighted by Gasteiger charge is 1.98. The molecule has 0 aromatic carbocycles. The largest absolute Gasteiger partial charge is 0.443 e. The highest BCUT2D eigenvalue weighted by molar-refractivity contribution is 7.11. The fraction of sp³-hybridized carbons (Fsp3) is 0.125. The molecule has 0 saturated carbocycles. The maximum atomic E-state index is 5.47. The van der Waals surface area contributed by atoms with Crippen molar-refractivity contribution in [1.29, 1.82) is 0 Å². The summed E-state index contributed by atoms with van der Waals surface area (Å²) in [7, 11) is 1.86. The molecule has 4 heteroatoms. The van der Waals surface area contributed by atoms with Gasteiger partial charge in [-0.2, -0.15) is 5.10 Å². The minimum atomic E-state index is 0.778. The van der Waals surface area contributed by atoms with Crippen LogP contribution in [0.15, 0.2) is 29.9 Å². The number of aromatic nitrogens is 2. The predicted molar refractivity (Wildman–Crippen MR) is 47.6 cm³/mol. The Bertz CT molecular complexity index is 353. The molecule has 2 heterocycles. The van der Waals surface area contributed by atoms with E-state index in [9.17, 15) is 0 Å². The van der Waals surface area contributed by atoms with Crippen molar-refractivity contribution in [2.24, 2.45) is 7.05 Å². The molecule has 0 saturated heterocycles. The number of ether oxygens (including phenoxy) is 1. The van der Waals surface area contributed by atoms with Gasteiger partial charge in [0.05, 0.1) is 12.4 Å². The Labute approximate surface area is 74.2 Å². The van der Waals surface area contributed by atoms with E-state index in [1.807, 2.05) is 30.8 Å². The summed E-state index contributed by atoms with van der Waals surface area (Å²) in [6.45, 7) is 0. The first-order chi connectivity index (χ1) is 5.84. The van der Waals surface area contributed by atoms with Crippen LogP contribution in [0.3, 0.4) is 0 Å². The molecule has 0 bridgehead atoms. The van der Waals surface area contributed by atoms with Gasteiger partial charge >= 0.3 is 0 Å². The number of nitrogens with zero attached hydrogens (tertiary/aromatic N) is 2. The topological polar surface area (TPSA) is 27.1 Å². The summed E-state index contributed by atoms with van der Waals surface area (Å²) < 4.78 is 7.19. The van der Waals surface area contributed by atoms with Crippen LogP contribution in [0.1, 0.15) is 0 Å². The normalized spacial score (nSPS) is 10.1. The lowest BCUT2D eigenvalue weighted by Crippen LogP contribution is -1.84. The van der Waals surface area contributed by atoms with Crippen molar-refractivity contribution in [1.82, 2.24) is 9.78 Å². The molecule has 2 aromatic rings. The third-order valence-corrected chi connectivity index (χ3v) is 2.14. The number of rotatable bonds is 2. The second-order valence-electron chi connectivity index (χ2n) is 2.38. The van der Waals surface area contributed by atoms with Gasteiger partial charge in [-0.3, -0.25) is 4.68 Å². The smallest absolute Gasteiger partial charge is 0.181 e. The standard InChI is InChI=1S/C8H8N2OS/c1-10-6-7(5-9-10)11-8-3-2-4-12-8/h2-6H,1H3. The SMILES string of the molecule is Cn1cc(Oc2cccs2)cn1. The van der Waals surface area contributed by atoms with Crippen molar-refractivity contribution < 1.29 is 4.74 Å². The van der Waals surface area contributed by atoms with Crippen LogP contribution >= 0.6 is 11.3 Å². The molecule has 2 aromatic heterocycles. The molecule has 0 aliphatic heterocycles. The number of hydrogen-bond acceptors (Lipinski definition) is 3. The van der Waals surface area contributed by atoms with Gasteiger partial charge in [-0.15, -0.1) is 11.3 Å². The predicted octanol–water partition coefficient (Wildman–Crippen LogP) is 2.27. The lowest BCUT2D eigenvalue weighted by atomic mass is 10.6. The molecule has 0 aliphatic carbocycles. The maximum Gasteiger partial charge on any atom is 0.181 e. The first-order valence-corrected chi connectivity index (χ1v) is 4.42. The van der Waals surface area contributed by atoms with Gasteiger partial charge in [0.1, 0.15) is 0 Å². The summed E-state index contributed by atoms with van der Waals surface area (Å²) in [5.74, 6) is 0.778. The molecule has 0 radical (unpaired) electrons. The lowest BCUT2D eigenvalue weighted by Gasteiger charge is -1.95. The fourth-order valence-electron chi connectivity index (χ4n) is 0.889. The molecule has 62 valence electrons. The van der Waals surface area contributed by atoms with E-state index in [-0.39, 0.29) is 0 Å². The van der Waals surface area contributed by atoms with Gasteiger partial charge in [-0.05, 0) is 17.5 Å². The zero-order chi connectivity index (χ0) is 8.39. The molecule has 0 N–H and O–H groups in total. The molecule has 2 rings (SSSR count).